The van der Waals surface area contributed by atoms with Crippen molar-refractivity contribution in [3.8, 4) is 0 Å². The predicted octanol–water partition coefficient (Wildman–Crippen LogP) is 3.61. The number of rotatable bonds is 2. The highest BCUT2D eigenvalue weighted by molar-refractivity contribution is 6.30. The lowest BCUT2D eigenvalue weighted by atomic mass is 9.71. The number of hydrogen-bond acceptors (Lipinski definition) is 2. The fourth-order valence-corrected chi connectivity index (χ4v) is 3.83. The number of piperidine rings is 1. The number of aliphatic hydroxyl groups is 1. The highest BCUT2D eigenvalue weighted by Crippen LogP contribution is 2.40. The second-order valence-electron chi connectivity index (χ2n) is 6.27. The third-order valence-corrected chi connectivity index (χ3v) is 5.16. The Kier molecular flexibility index (Phi) is 4.02. The van der Waals surface area contributed by atoms with Crippen molar-refractivity contribution in [2.45, 2.75) is 44.2 Å². The SMILES string of the molecule is OC12CCCCC1CN(Cc1ccc(Cl)cc1F)CC2. The summed E-state index contributed by atoms with van der Waals surface area (Å²) in [6.07, 6.45) is 5.18. The summed E-state index contributed by atoms with van der Waals surface area (Å²) in [6.45, 7) is 2.32. The number of benzene rings is 1. The van der Waals surface area contributed by atoms with Crippen molar-refractivity contribution >= 4 is 11.6 Å². The van der Waals surface area contributed by atoms with Crippen molar-refractivity contribution in [1.29, 1.82) is 0 Å². The van der Waals surface area contributed by atoms with Gasteiger partial charge in [0.1, 0.15) is 5.82 Å². The standard InChI is InChI=1S/C16H21ClFNO/c17-14-5-4-12(15(18)9-14)10-19-8-7-16(20)6-2-1-3-13(16)11-19/h4-5,9,13,20H,1-3,6-8,10-11H2. The van der Waals surface area contributed by atoms with E-state index in [2.05, 4.69) is 4.90 Å². The maximum absolute atomic E-state index is 13.9. The molecule has 0 aromatic heterocycles. The van der Waals surface area contributed by atoms with E-state index in [0.29, 0.717) is 23.0 Å². The van der Waals surface area contributed by atoms with E-state index >= 15 is 0 Å². The number of hydrogen-bond donors (Lipinski definition) is 1. The van der Waals surface area contributed by atoms with Gasteiger partial charge in [0, 0.05) is 36.1 Å². The van der Waals surface area contributed by atoms with Crippen molar-refractivity contribution < 1.29 is 9.50 Å². The Balaban J connectivity index is 1.67. The molecular formula is C16H21ClFNO. The molecule has 2 aliphatic rings. The summed E-state index contributed by atoms with van der Waals surface area (Å²) in [5.41, 5.74) is 0.225. The van der Waals surface area contributed by atoms with Gasteiger partial charge in [0.2, 0.25) is 0 Å². The van der Waals surface area contributed by atoms with Crippen LogP contribution >= 0.6 is 11.6 Å². The third-order valence-electron chi connectivity index (χ3n) is 4.92. The molecule has 0 radical (unpaired) electrons. The number of halogens is 2. The zero-order chi connectivity index (χ0) is 14.2. The van der Waals surface area contributed by atoms with Gasteiger partial charge in [-0.2, -0.15) is 0 Å². The molecule has 1 saturated carbocycles. The van der Waals surface area contributed by atoms with Crippen molar-refractivity contribution in [1.82, 2.24) is 4.90 Å². The first-order valence-corrected chi connectivity index (χ1v) is 7.83. The van der Waals surface area contributed by atoms with E-state index in [1.54, 1.807) is 12.1 Å². The summed E-state index contributed by atoms with van der Waals surface area (Å²) in [7, 11) is 0. The molecule has 20 heavy (non-hydrogen) atoms. The molecule has 0 bridgehead atoms. The first-order valence-electron chi connectivity index (χ1n) is 7.45. The van der Waals surface area contributed by atoms with Crippen molar-refractivity contribution in [3.63, 3.8) is 0 Å². The van der Waals surface area contributed by atoms with Gasteiger partial charge in [0.05, 0.1) is 5.60 Å². The Bertz CT molecular complexity index is 495. The topological polar surface area (TPSA) is 23.5 Å². The van der Waals surface area contributed by atoms with E-state index in [0.717, 1.165) is 38.8 Å². The number of nitrogens with zero attached hydrogens (tertiary/aromatic N) is 1. The van der Waals surface area contributed by atoms with Crippen LogP contribution in [0.3, 0.4) is 0 Å². The molecule has 1 aromatic carbocycles. The van der Waals surface area contributed by atoms with Gasteiger partial charge in [-0.25, -0.2) is 4.39 Å². The third kappa shape index (κ3) is 2.85. The zero-order valence-electron chi connectivity index (χ0n) is 11.6. The van der Waals surface area contributed by atoms with Crippen LogP contribution in [0.15, 0.2) is 18.2 Å². The van der Waals surface area contributed by atoms with E-state index in [-0.39, 0.29) is 5.82 Å². The molecular weight excluding hydrogens is 277 g/mol. The summed E-state index contributed by atoms with van der Waals surface area (Å²) in [5.74, 6) is 0.113. The summed E-state index contributed by atoms with van der Waals surface area (Å²) in [4.78, 5) is 2.26. The Morgan fingerprint density at radius 3 is 3.00 bits per heavy atom. The predicted molar refractivity (Wildman–Crippen MR) is 78.2 cm³/mol. The molecule has 3 rings (SSSR count). The van der Waals surface area contributed by atoms with Gasteiger partial charge in [-0.15, -0.1) is 0 Å². The van der Waals surface area contributed by atoms with E-state index in [1.165, 1.54) is 12.5 Å². The summed E-state index contributed by atoms with van der Waals surface area (Å²) in [5, 5.41) is 11.1. The van der Waals surface area contributed by atoms with E-state index in [9.17, 15) is 9.50 Å². The monoisotopic (exact) mass is 297 g/mol. The van der Waals surface area contributed by atoms with Crippen LogP contribution < -0.4 is 0 Å². The minimum Gasteiger partial charge on any atom is -0.390 e. The van der Waals surface area contributed by atoms with E-state index < -0.39 is 5.60 Å². The van der Waals surface area contributed by atoms with Crippen LogP contribution in [0.2, 0.25) is 5.02 Å². The first kappa shape index (κ1) is 14.3. The summed E-state index contributed by atoms with van der Waals surface area (Å²) in [6, 6.07) is 4.87. The van der Waals surface area contributed by atoms with Crippen LogP contribution in [-0.2, 0) is 6.54 Å². The maximum atomic E-state index is 13.9. The maximum Gasteiger partial charge on any atom is 0.129 e. The van der Waals surface area contributed by atoms with Crippen molar-refractivity contribution in [2.75, 3.05) is 13.1 Å². The normalized spacial score (nSPS) is 31.1. The van der Waals surface area contributed by atoms with E-state index in [1.807, 2.05) is 0 Å². The molecule has 0 amide bonds. The van der Waals surface area contributed by atoms with Gasteiger partial charge >= 0.3 is 0 Å². The van der Waals surface area contributed by atoms with E-state index in [4.69, 9.17) is 11.6 Å². The van der Waals surface area contributed by atoms with Crippen molar-refractivity contribution in [3.05, 3.63) is 34.6 Å². The number of likely N-dealkylation sites (tertiary alicyclic amines) is 1. The molecule has 2 atom stereocenters. The Morgan fingerprint density at radius 2 is 2.20 bits per heavy atom. The lowest BCUT2D eigenvalue weighted by Gasteiger charge is -2.47. The molecule has 1 saturated heterocycles. The molecule has 110 valence electrons. The van der Waals surface area contributed by atoms with Gasteiger partial charge in [0.25, 0.3) is 0 Å². The minimum absolute atomic E-state index is 0.234. The smallest absolute Gasteiger partial charge is 0.129 e. The highest BCUT2D eigenvalue weighted by atomic mass is 35.5. The van der Waals surface area contributed by atoms with Crippen LogP contribution in [-0.4, -0.2) is 28.7 Å². The quantitative estimate of drug-likeness (QED) is 0.901. The molecule has 1 aliphatic heterocycles. The fraction of sp³-hybridized carbons (Fsp3) is 0.625. The zero-order valence-corrected chi connectivity index (χ0v) is 12.4. The van der Waals surface area contributed by atoms with Gasteiger partial charge in [-0.3, -0.25) is 4.90 Å². The fourth-order valence-electron chi connectivity index (χ4n) is 3.67. The second kappa shape index (κ2) is 5.63. The molecule has 1 N–H and O–H groups in total. The van der Waals surface area contributed by atoms with Crippen LogP contribution in [0.25, 0.3) is 0 Å². The van der Waals surface area contributed by atoms with Crippen molar-refractivity contribution in [2.24, 2.45) is 5.92 Å². The summed E-state index contributed by atoms with van der Waals surface area (Å²) < 4.78 is 13.9. The van der Waals surface area contributed by atoms with Crippen LogP contribution in [0, 0.1) is 11.7 Å². The lowest BCUT2D eigenvalue weighted by Crippen LogP contribution is -2.53. The molecule has 4 heteroatoms. The molecule has 2 unspecified atom stereocenters. The largest absolute Gasteiger partial charge is 0.390 e. The van der Waals surface area contributed by atoms with Gasteiger partial charge < -0.3 is 5.11 Å². The Labute approximate surface area is 124 Å². The van der Waals surface area contributed by atoms with Gasteiger partial charge in [0.15, 0.2) is 0 Å². The minimum atomic E-state index is -0.465. The molecule has 1 heterocycles. The Morgan fingerprint density at radius 1 is 1.35 bits per heavy atom. The van der Waals surface area contributed by atoms with Crippen LogP contribution in [0.4, 0.5) is 4.39 Å². The Hall–Kier alpha value is -0.640. The van der Waals surface area contributed by atoms with Crippen LogP contribution in [0.1, 0.15) is 37.7 Å². The molecule has 1 aliphatic carbocycles. The second-order valence-corrected chi connectivity index (χ2v) is 6.70. The summed E-state index contributed by atoms with van der Waals surface area (Å²) >= 11 is 5.78. The average Bonchev–Trinajstić information content (AvgIpc) is 2.42. The molecule has 0 spiro atoms. The molecule has 1 aromatic rings. The lowest BCUT2D eigenvalue weighted by molar-refractivity contribution is -0.0968. The van der Waals surface area contributed by atoms with Gasteiger partial charge in [-0.1, -0.05) is 30.5 Å². The first-order chi connectivity index (χ1) is 9.57. The van der Waals surface area contributed by atoms with Gasteiger partial charge in [-0.05, 0) is 31.4 Å². The number of fused-ring (bicyclic) bond motifs is 1. The molecule has 2 nitrogen and oxygen atoms in total. The van der Waals surface area contributed by atoms with Crippen LogP contribution in [0.5, 0.6) is 0 Å². The average molecular weight is 298 g/mol. The molecule has 2 fully saturated rings. The highest BCUT2D eigenvalue weighted by Gasteiger charge is 2.42.